The number of benzene rings is 2. The van der Waals surface area contributed by atoms with Crippen LogP contribution in [0.3, 0.4) is 0 Å². The van der Waals surface area contributed by atoms with Crippen molar-refractivity contribution in [3.8, 4) is 0 Å². The summed E-state index contributed by atoms with van der Waals surface area (Å²) in [5, 5.41) is 0. The van der Waals surface area contributed by atoms with E-state index in [1.54, 1.807) is 0 Å². The third-order valence-electron chi connectivity index (χ3n) is 5.48. The zero-order valence-corrected chi connectivity index (χ0v) is 15.1. The van der Waals surface area contributed by atoms with Crippen molar-refractivity contribution in [2.24, 2.45) is 0 Å². The topological polar surface area (TPSA) is 12.5 Å². The van der Waals surface area contributed by atoms with Gasteiger partial charge in [0, 0.05) is 13.2 Å². The third kappa shape index (κ3) is 3.71. The van der Waals surface area contributed by atoms with E-state index in [1.807, 2.05) is 7.11 Å². The molecule has 2 aromatic rings. The van der Waals surface area contributed by atoms with Crippen molar-refractivity contribution in [1.29, 1.82) is 0 Å². The van der Waals surface area contributed by atoms with E-state index in [4.69, 9.17) is 4.74 Å². The van der Waals surface area contributed by atoms with Crippen molar-refractivity contribution in [2.45, 2.75) is 43.7 Å². The maximum Gasteiger partial charge on any atom is 0.107 e. The smallest absolute Gasteiger partial charge is 0.107 e. The largest absolute Gasteiger partial charge is 0.372 e. The SMILES string of the molecule is COC(c1ccccc1)c1ccccc1C1CCC(N(C)C)CC1. The Balaban J connectivity index is 1.86. The van der Waals surface area contributed by atoms with Crippen LogP contribution in [0.4, 0.5) is 0 Å². The Hall–Kier alpha value is -1.64. The standard InChI is InChI=1S/C22H29NO/c1-23(2)19-15-13-17(14-16-19)20-11-7-8-12-21(20)22(24-3)18-9-5-4-6-10-18/h4-12,17,19,22H,13-16H2,1-3H3. The molecular weight excluding hydrogens is 294 g/mol. The molecule has 2 heteroatoms. The molecule has 3 rings (SSSR count). The van der Waals surface area contributed by atoms with Crippen LogP contribution >= 0.6 is 0 Å². The number of methoxy groups -OCH3 is 1. The van der Waals surface area contributed by atoms with Gasteiger partial charge in [-0.1, -0.05) is 54.6 Å². The predicted octanol–water partition coefficient (Wildman–Crippen LogP) is 5.01. The lowest BCUT2D eigenvalue weighted by molar-refractivity contribution is 0.134. The summed E-state index contributed by atoms with van der Waals surface area (Å²) in [4.78, 5) is 2.38. The summed E-state index contributed by atoms with van der Waals surface area (Å²) in [6.07, 6.45) is 5.13. The molecule has 1 fully saturated rings. The lowest BCUT2D eigenvalue weighted by Gasteiger charge is -2.34. The van der Waals surface area contributed by atoms with E-state index in [0.717, 1.165) is 6.04 Å². The second-order valence-electron chi connectivity index (χ2n) is 7.12. The number of nitrogens with zero attached hydrogens (tertiary/aromatic N) is 1. The van der Waals surface area contributed by atoms with Gasteiger partial charge < -0.3 is 9.64 Å². The average Bonchev–Trinajstić information content (AvgIpc) is 2.64. The van der Waals surface area contributed by atoms with Gasteiger partial charge in [0.1, 0.15) is 6.10 Å². The first-order chi connectivity index (χ1) is 11.7. The molecule has 24 heavy (non-hydrogen) atoms. The lowest BCUT2D eigenvalue weighted by Crippen LogP contribution is -2.31. The van der Waals surface area contributed by atoms with E-state index in [9.17, 15) is 0 Å². The number of hydrogen-bond donors (Lipinski definition) is 0. The van der Waals surface area contributed by atoms with Gasteiger partial charge in [-0.25, -0.2) is 0 Å². The molecule has 0 radical (unpaired) electrons. The molecule has 1 saturated carbocycles. The van der Waals surface area contributed by atoms with Crippen molar-refractivity contribution in [1.82, 2.24) is 4.90 Å². The minimum absolute atomic E-state index is 0.0222. The average molecular weight is 323 g/mol. The first-order valence-corrected chi connectivity index (χ1v) is 9.03. The second kappa shape index (κ2) is 7.96. The first kappa shape index (κ1) is 17.2. The van der Waals surface area contributed by atoms with Crippen LogP contribution in [0.25, 0.3) is 0 Å². The van der Waals surface area contributed by atoms with Crippen molar-refractivity contribution in [3.63, 3.8) is 0 Å². The molecule has 128 valence electrons. The predicted molar refractivity (Wildman–Crippen MR) is 100 cm³/mol. The Bertz CT molecular complexity index is 629. The van der Waals surface area contributed by atoms with Gasteiger partial charge in [-0.3, -0.25) is 0 Å². The van der Waals surface area contributed by atoms with Crippen molar-refractivity contribution in [3.05, 3.63) is 71.3 Å². The van der Waals surface area contributed by atoms with E-state index in [0.29, 0.717) is 5.92 Å². The Morgan fingerprint density at radius 1 is 0.875 bits per heavy atom. The van der Waals surface area contributed by atoms with E-state index in [2.05, 4.69) is 73.6 Å². The maximum atomic E-state index is 5.91. The van der Waals surface area contributed by atoms with E-state index >= 15 is 0 Å². The monoisotopic (exact) mass is 323 g/mol. The molecule has 0 saturated heterocycles. The second-order valence-corrected chi connectivity index (χ2v) is 7.12. The molecule has 0 spiro atoms. The molecule has 0 heterocycles. The van der Waals surface area contributed by atoms with Crippen molar-refractivity contribution < 1.29 is 4.74 Å². The summed E-state index contributed by atoms with van der Waals surface area (Å²) in [6, 6.07) is 20.2. The normalized spacial score (nSPS) is 22.5. The van der Waals surface area contributed by atoms with Crippen molar-refractivity contribution in [2.75, 3.05) is 21.2 Å². The molecule has 2 aromatic carbocycles. The fourth-order valence-electron chi connectivity index (χ4n) is 4.10. The zero-order valence-electron chi connectivity index (χ0n) is 15.1. The summed E-state index contributed by atoms with van der Waals surface area (Å²) in [7, 11) is 6.22. The minimum atomic E-state index is 0.0222. The molecule has 2 nitrogen and oxygen atoms in total. The Kier molecular flexibility index (Phi) is 5.70. The molecule has 1 atom stereocenters. The van der Waals surface area contributed by atoms with Crippen LogP contribution in [0.15, 0.2) is 54.6 Å². The zero-order chi connectivity index (χ0) is 16.9. The van der Waals surface area contributed by atoms with Gasteiger partial charge in [-0.2, -0.15) is 0 Å². The highest BCUT2D eigenvalue weighted by Gasteiger charge is 2.27. The van der Waals surface area contributed by atoms with Gasteiger partial charge in [0.2, 0.25) is 0 Å². The van der Waals surface area contributed by atoms with Crippen LogP contribution in [-0.2, 0) is 4.74 Å². The molecule has 0 amide bonds. The first-order valence-electron chi connectivity index (χ1n) is 9.03. The quantitative estimate of drug-likeness (QED) is 0.767. The fourth-order valence-corrected chi connectivity index (χ4v) is 4.10. The highest BCUT2D eigenvalue weighted by molar-refractivity contribution is 5.38. The highest BCUT2D eigenvalue weighted by atomic mass is 16.5. The highest BCUT2D eigenvalue weighted by Crippen LogP contribution is 2.39. The number of ether oxygens (including phenoxy) is 1. The van der Waals surface area contributed by atoms with Gasteiger partial charge in [0.15, 0.2) is 0 Å². The van der Waals surface area contributed by atoms with E-state index < -0.39 is 0 Å². The summed E-state index contributed by atoms with van der Waals surface area (Å²) in [6.45, 7) is 0. The number of hydrogen-bond acceptors (Lipinski definition) is 2. The summed E-state index contributed by atoms with van der Waals surface area (Å²) in [5.74, 6) is 0.652. The molecule has 0 N–H and O–H groups in total. The van der Waals surface area contributed by atoms with Crippen LogP contribution in [0.2, 0.25) is 0 Å². The molecule has 1 aliphatic carbocycles. The van der Waals surface area contributed by atoms with Gasteiger partial charge in [-0.15, -0.1) is 0 Å². The van der Waals surface area contributed by atoms with Crippen molar-refractivity contribution >= 4 is 0 Å². The third-order valence-corrected chi connectivity index (χ3v) is 5.48. The Labute approximate surface area is 146 Å². The Morgan fingerprint density at radius 3 is 2.12 bits per heavy atom. The van der Waals surface area contributed by atoms with Crippen LogP contribution < -0.4 is 0 Å². The summed E-state index contributed by atoms with van der Waals surface area (Å²) >= 11 is 0. The van der Waals surface area contributed by atoms with Gasteiger partial charge in [-0.05, 0) is 62.4 Å². The summed E-state index contributed by atoms with van der Waals surface area (Å²) in [5.41, 5.74) is 4.04. The molecular formula is C22H29NO. The van der Waals surface area contributed by atoms with Gasteiger partial charge in [0.05, 0.1) is 0 Å². The van der Waals surface area contributed by atoms with E-state index in [1.165, 1.54) is 42.4 Å². The lowest BCUT2D eigenvalue weighted by atomic mass is 9.78. The van der Waals surface area contributed by atoms with Gasteiger partial charge >= 0.3 is 0 Å². The molecule has 0 aromatic heterocycles. The maximum absolute atomic E-state index is 5.91. The van der Waals surface area contributed by atoms with Crippen LogP contribution in [0, 0.1) is 0 Å². The molecule has 1 unspecified atom stereocenters. The Morgan fingerprint density at radius 2 is 1.50 bits per heavy atom. The minimum Gasteiger partial charge on any atom is -0.372 e. The van der Waals surface area contributed by atoms with Gasteiger partial charge in [0.25, 0.3) is 0 Å². The number of rotatable bonds is 5. The van der Waals surface area contributed by atoms with Crippen LogP contribution in [0.1, 0.15) is 54.4 Å². The summed E-state index contributed by atoms with van der Waals surface area (Å²) < 4.78 is 5.91. The fraction of sp³-hybridized carbons (Fsp3) is 0.455. The van der Waals surface area contributed by atoms with E-state index in [-0.39, 0.29) is 6.10 Å². The van der Waals surface area contributed by atoms with Crippen LogP contribution in [-0.4, -0.2) is 32.1 Å². The molecule has 0 bridgehead atoms. The van der Waals surface area contributed by atoms with Crippen LogP contribution in [0.5, 0.6) is 0 Å². The molecule has 0 aliphatic heterocycles. The molecule has 1 aliphatic rings.